The van der Waals surface area contributed by atoms with Crippen molar-refractivity contribution in [2.75, 3.05) is 0 Å². The van der Waals surface area contributed by atoms with Crippen molar-refractivity contribution in [1.29, 1.82) is 0 Å². The van der Waals surface area contributed by atoms with Crippen LogP contribution < -0.4 is 5.32 Å². The number of rotatable bonds is 3. The molecule has 1 fully saturated rings. The number of hydrogen-bond acceptors (Lipinski definition) is 3. The van der Waals surface area contributed by atoms with Crippen LogP contribution in [0.5, 0.6) is 0 Å². The normalized spacial score (nSPS) is 28.2. The third-order valence-corrected chi connectivity index (χ3v) is 3.00. The van der Waals surface area contributed by atoms with Gasteiger partial charge in [-0.3, -0.25) is 4.79 Å². The van der Waals surface area contributed by atoms with Crippen molar-refractivity contribution >= 4 is 17.5 Å². The highest BCUT2D eigenvalue weighted by Crippen LogP contribution is 2.30. The molecule has 5 heteroatoms. The van der Waals surface area contributed by atoms with Crippen LogP contribution in [0.2, 0.25) is 0 Å². The Hall–Kier alpha value is -1.10. The van der Waals surface area contributed by atoms with Gasteiger partial charge in [0, 0.05) is 0 Å². The molecule has 0 saturated carbocycles. The van der Waals surface area contributed by atoms with Gasteiger partial charge in [-0.05, 0) is 19.4 Å². The third kappa shape index (κ3) is 3.02. The highest BCUT2D eigenvalue weighted by atomic mass is 35.5. The first kappa shape index (κ1) is 13.3. The number of carbonyl (C=O) groups excluding carboxylic acids is 1. The minimum absolute atomic E-state index is 0.0430. The van der Waals surface area contributed by atoms with Gasteiger partial charge >= 0.3 is 0 Å². The maximum absolute atomic E-state index is 11.8. The molecule has 4 nitrogen and oxygen atoms in total. The van der Waals surface area contributed by atoms with Crippen molar-refractivity contribution in [3.05, 3.63) is 35.9 Å². The van der Waals surface area contributed by atoms with Crippen LogP contribution in [0.4, 0.5) is 0 Å². The van der Waals surface area contributed by atoms with Crippen molar-refractivity contribution < 1.29 is 14.3 Å². The van der Waals surface area contributed by atoms with Crippen molar-refractivity contribution in [3.63, 3.8) is 0 Å². The van der Waals surface area contributed by atoms with E-state index in [9.17, 15) is 4.79 Å². The smallest absolute Gasteiger partial charge is 0.244 e. The molecule has 0 bridgehead atoms. The first-order valence-electron chi connectivity index (χ1n) is 5.88. The van der Waals surface area contributed by atoms with Gasteiger partial charge in [0.15, 0.2) is 0 Å². The first-order chi connectivity index (χ1) is 8.58. The van der Waals surface area contributed by atoms with E-state index in [1.165, 1.54) is 0 Å². The van der Waals surface area contributed by atoms with E-state index >= 15 is 0 Å². The van der Waals surface area contributed by atoms with Crippen LogP contribution >= 0.6 is 11.6 Å². The largest absolute Gasteiger partial charge is 0.333 e. The van der Waals surface area contributed by atoms with Crippen LogP contribution in [0.1, 0.15) is 25.5 Å². The van der Waals surface area contributed by atoms with E-state index in [0.717, 1.165) is 5.56 Å². The minimum atomic E-state index is -0.752. The van der Waals surface area contributed by atoms with E-state index in [0.29, 0.717) is 0 Å². The summed E-state index contributed by atoms with van der Waals surface area (Å²) in [7, 11) is 0. The number of nitrogens with one attached hydrogen (secondary N) is 1. The summed E-state index contributed by atoms with van der Waals surface area (Å²) < 4.78 is 11.1. The van der Waals surface area contributed by atoms with Crippen LogP contribution in [-0.2, 0) is 14.3 Å². The molecule has 0 aliphatic carbocycles. The Morgan fingerprint density at radius 1 is 1.33 bits per heavy atom. The lowest BCUT2D eigenvalue weighted by molar-refractivity contribution is -0.221. The summed E-state index contributed by atoms with van der Waals surface area (Å²) in [6.07, 6.45) is -1.29. The van der Waals surface area contributed by atoms with Gasteiger partial charge in [0.25, 0.3) is 0 Å². The Bertz CT molecular complexity index is 410. The molecular formula is C13H16ClNO3. The lowest BCUT2D eigenvalue weighted by Gasteiger charge is -2.34. The third-order valence-electron chi connectivity index (χ3n) is 2.57. The summed E-state index contributed by atoms with van der Waals surface area (Å²) in [4.78, 5) is 11.8. The highest BCUT2D eigenvalue weighted by molar-refractivity contribution is 6.31. The van der Waals surface area contributed by atoms with Crippen molar-refractivity contribution in [1.82, 2.24) is 5.32 Å². The molecule has 1 aliphatic rings. The first-order valence-corrected chi connectivity index (χ1v) is 6.32. The topological polar surface area (TPSA) is 47.6 Å². The van der Waals surface area contributed by atoms with Crippen molar-refractivity contribution in [3.8, 4) is 0 Å². The number of benzene rings is 1. The number of ether oxygens (including phenoxy) is 2. The van der Waals surface area contributed by atoms with Gasteiger partial charge in [-0.1, -0.05) is 30.3 Å². The number of amides is 1. The van der Waals surface area contributed by atoms with Gasteiger partial charge in [0.05, 0.1) is 6.10 Å². The fraction of sp³-hybridized carbons (Fsp3) is 0.462. The second-order valence-electron chi connectivity index (χ2n) is 4.39. The Kier molecular flexibility index (Phi) is 4.22. The molecule has 18 heavy (non-hydrogen) atoms. The molecule has 1 aromatic carbocycles. The van der Waals surface area contributed by atoms with E-state index in [1.807, 2.05) is 44.2 Å². The fourth-order valence-electron chi connectivity index (χ4n) is 1.77. The van der Waals surface area contributed by atoms with Crippen LogP contribution in [0.15, 0.2) is 30.3 Å². The summed E-state index contributed by atoms with van der Waals surface area (Å²) in [5, 5.41) is 1.83. The second-order valence-corrected chi connectivity index (χ2v) is 4.86. The molecule has 98 valence electrons. The number of hydrogen-bond donors (Lipinski definition) is 1. The molecule has 0 unspecified atom stereocenters. The minimum Gasteiger partial charge on any atom is -0.333 e. The second kappa shape index (κ2) is 5.69. The number of alkyl halides is 1. The number of halogens is 1. The zero-order chi connectivity index (χ0) is 13.1. The van der Waals surface area contributed by atoms with Gasteiger partial charge in [0.1, 0.15) is 11.5 Å². The molecule has 1 N–H and O–H groups in total. The Morgan fingerprint density at radius 2 is 2.00 bits per heavy atom. The van der Waals surface area contributed by atoms with E-state index < -0.39 is 17.9 Å². The van der Waals surface area contributed by atoms with E-state index in [2.05, 4.69) is 5.32 Å². The summed E-state index contributed by atoms with van der Waals surface area (Å²) >= 11 is 6.08. The Morgan fingerprint density at radius 3 is 2.61 bits per heavy atom. The molecule has 1 amide bonds. The maximum Gasteiger partial charge on any atom is 0.244 e. The Labute approximate surface area is 111 Å². The molecule has 3 atom stereocenters. The van der Waals surface area contributed by atoms with E-state index in [4.69, 9.17) is 21.1 Å². The van der Waals surface area contributed by atoms with Gasteiger partial charge < -0.3 is 14.8 Å². The van der Waals surface area contributed by atoms with Gasteiger partial charge in [0.2, 0.25) is 12.3 Å². The fourth-order valence-corrected chi connectivity index (χ4v) is 2.04. The predicted octanol–water partition coefficient (Wildman–Crippen LogP) is 2.19. The van der Waals surface area contributed by atoms with Gasteiger partial charge in [-0.2, -0.15) is 0 Å². The summed E-state index contributed by atoms with van der Waals surface area (Å²) in [6, 6.07) is 9.42. The SMILES string of the molecule is CC(C)O[C@@H]1NC(=O)[C@H](Cl)[C@H](c2ccccc2)O1. The molecule has 1 aromatic rings. The quantitative estimate of drug-likeness (QED) is 0.856. The van der Waals surface area contributed by atoms with Gasteiger partial charge in [-0.25, -0.2) is 0 Å². The summed E-state index contributed by atoms with van der Waals surface area (Å²) in [5.74, 6) is -0.276. The van der Waals surface area contributed by atoms with Crippen LogP contribution in [0.3, 0.4) is 0 Å². The van der Waals surface area contributed by atoms with E-state index in [-0.39, 0.29) is 12.0 Å². The van der Waals surface area contributed by atoms with Crippen LogP contribution in [0, 0.1) is 0 Å². The standard InChI is InChI=1S/C13H16ClNO3/c1-8(2)17-13-15-12(16)10(14)11(18-13)9-6-4-3-5-7-9/h3-8,10-11,13H,1-2H3,(H,15,16)/t10-,11+,13+/m1/s1. The maximum atomic E-state index is 11.8. The molecule has 1 heterocycles. The summed E-state index contributed by atoms with van der Waals surface area (Å²) in [6.45, 7) is 3.75. The molecular weight excluding hydrogens is 254 g/mol. The zero-order valence-corrected chi connectivity index (χ0v) is 11.1. The van der Waals surface area contributed by atoms with Crippen LogP contribution in [0.25, 0.3) is 0 Å². The van der Waals surface area contributed by atoms with Gasteiger partial charge in [-0.15, -0.1) is 11.6 Å². The highest BCUT2D eigenvalue weighted by Gasteiger charge is 2.37. The molecule has 0 aromatic heterocycles. The lowest BCUT2D eigenvalue weighted by Crippen LogP contribution is -2.52. The van der Waals surface area contributed by atoms with Crippen molar-refractivity contribution in [2.45, 2.75) is 37.8 Å². The van der Waals surface area contributed by atoms with Crippen LogP contribution in [-0.4, -0.2) is 23.8 Å². The van der Waals surface area contributed by atoms with Crippen molar-refractivity contribution in [2.24, 2.45) is 0 Å². The molecule has 1 aliphatic heterocycles. The average molecular weight is 270 g/mol. The average Bonchev–Trinajstić information content (AvgIpc) is 2.34. The predicted molar refractivity (Wildman–Crippen MR) is 68.1 cm³/mol. The zero-order valence-electron chi connectivity index (χ0n) is 10.3. The number of carbonyl (C=O) groups is 1. The van der Waals surface area contributed by atoms with E-state index in [1.54, 1.807) is 0 Å². The molecule has 2 rings (SSSR count). The summed E-state index contributed by atoms with van der Waals surface area (Å²) in [5.41, 5.74) is 0.865. The molecule has 0 radical (unpaired) electrons. The monoisotopic (exact) mass is 269 g/mol. The lowest BCUT2D eigenvalue weighted by atomic mass is 10.1. The Balaban J connectivity index is 2.15. The molecule has 1 saturated heterocycles. The molecule has 0 spiro atoms.